The molecule has 1 atom stereocenters. The van der Waals surface area contributed by atoms with Gasteiger partial charge in [-0.3, -0.25) is 20.4 Å². The first kappa shape index (κ1) is 19.7. The van der Waals surface area contributed by atoms with Gasteiger partial charge in [0, 0.05) is 5.75 Å². The van der Waals surface area contributed by atoms with Gasteiger partial charge in [-0.15, -0.1) is 11.8 Å². The molecule has 2 N–H and O–H groups in total. The Morgan fingerprint density at radius 3 is 2.19 bits per heavy atom. The van der Waals surface area contributed by atoms with E-state index in [0.29, 0.717) is 11.5 Å². The van der Waals surface area contributed by atoms with Crippen molar-refractivity contribution in [3.63, 3.8) is 0 Å². The minimum Gasteiger partial charge on any atom is -0.481 e. The van der Waals surface area contributed by atoms with Gasteiger partial charge in [-0.1, -0.05) is 12.1 Å². The maximum Gasteiger partial charge on any atom is 0.279 e. The van der Waals surface area contributed by atoms with Crippen LogP contribution in [0.5, 0.6) is 5.75 Å². The van der Waals surface area contributed by atoms with E-state index in [9.17, 15) is 18.4 Å². The zero-order valence-electron chi connectivity index (χ0n) is 14.0. The van der Waals surface area contributed by atoms with Gasteiger partial charge in [0.05, 0.1) is 5.75 Å². The van der Waals surface area contributed by atoms with E-state index in [1.165, 1.54) is 55.1 Å². The van der Waals surface area contributed by atoms with Crippen LogP contribution in [0.2, 0.25) is 0 Å². The highest BCUT2D eigenvalue weighted by molar-refractivity contribution is 7.99. The van der Waals surface area contributed by atoms with Crippen LogP contribution < -0.4 is 15.6 Å². The summed E-state index contributed by atoms with van der Waals surface area (Å²) >= 11 is 1.33. The molecule has 0 fully saturated rings. The summed E-state index contributed by atoms with van der Waals surface area (Å²) in [6.07, 6.45) is -0.868. The van der Waals surface area contributed by atoms with Gasteiger partial charge < -0.3 is 4.74 Å². The van der Waals surface area contributed by atoms with E-state index in [4.69, 9.17) is 4.74 Å². The van der Waals surface area contributed by atoms with Crippen LogP contribution in [-0.4, -0.2) is 23.7 Å². The number of hydrazine groups is 1. The molecule has 0 spiro atoms. The first-order valence-electron chi connectivity index (χ1n) is 7.77. The van der Waals surface area contributed by atoms with Crippen LogP contribution in [0.15, 0.2) is 48.5 Å². The van der Waals surface area contributed by atoms with Crippen molar-refractivity contribution >= 4 is 23.6 Å². The van der Waals surface area contributed by atoms with E-state index in [-0.39, 0.29) is 17.5 Å². The molecule has 26 heavy (non-hydrogen) atoms. The molecule has 0 aliphatic carbocycles. The molecule has 0 unspecified atom stereocenters. The Balaban J connectivity index is 1.66. The van der Waals surface area contributed by atoms with Crippen molar-refractivity contribution in [2.75, 3.05) is 5.75 Å². The largest absolute Gasteiger partial charge is 0.481 e. The summed E-state index contributed by atoms with van der Waals surface area (Å²) in [4.78, 5) is 23.6. The lowest BCUT2D eigenvalue weighted by atomic mass is 10.2. The molecule has 0 heterocycles. The van der Waals surface area contributed by atoms with E-state index in [1.54, 1.807) is 12.1 Å². The van der Waals surface area contributed by atoms with E-state index in [2.05, 4.69) is 10.9 Å². The van der Waals surface area contributed by atoms with Crippen LogP contribution in [0.25, 0.3) is 0 Å². The van der Waals surface area contributed by atoms with Crippen molar-refractivity contribution < 1.29 is 23.1 Å². The first-order chi connectivity index (χ1) is 12.4. The molecule has 0 aliphatic rings. The van der Waals surface area contributed by atoms with Crippen molar-refractivity contribution in [3.05, 3.63) is 65.7 Å². The number of ether oxygens (including phenoxy) is 1. The number of halogens is 2. The van der Waals surface area contributed by atoms with E-state index in [1.807, 2.05) is 0 Å². The summed E-state index contributed by atoms with van der Waals surface area (Å²) < 4.78 is 31.0. The zero-order valence-corrected chi connectivity index (χ0v) is 14.8. The van der Waals surface area contributed by atoms with Crippen LogP contribution in [-0.2, 0) is 15.3 Å². The van der Waals surface area contributed by atoms with Crippen LogP contribution in [0, 0.1) is 11.6 Å². The molecule has 2 aromatic carbocycles. The molecule has 0 saturated heterocycles. The molecule has 138 valence electrons. The fraction of sp³-hybridized carbons (Fsp3) is 0.222. The minimum absolute atomic E-state index is 0.130. The number of hydrogen-bond donors (Lipinski definition) is 2. The van der Waals surface area contributed by atoms with E-state index in [0.717, 1.165) is 5.56 Å². The monoisotopic (exact) mass is 380 g/mol. The Morgan fingerprint density at radius 1 is 1.00 bits per heavy atom. The van der Waals surface area contributed by atoms with Gasteiger partial charge in [-0.2, -0.15) is 0 Å². The van der Waals surface area contributed by atoms with Crippen LogP contribution >= 0.6 is 11.8 Å². The Hall–Kier alpha value is -2.61. The number of benzene rings is 2. The molecule has 0 aromatic heterocycles. The van der Waals surface area contributed by atoms with Crippen molar-refractivity contribution in [2.45, 2.75) is 18.8 Å². The minimum atomic E-state index is -0.868. The standard InChI is InChI=1S/C18H18F2N2O3S/c1-12(25-16-8-6-15(20)7-9-16)18(24)22-21-17(23)11-26-10-13-2-4-14(19)5-3-13/h2-9,12H,10-11H2,1H3,(H,21,23)(H,22,24)/t12-/m0/s1. The number of nitrogens with one attached hydrogen (secondary N) is 2. The Kier molecular flexibility index (Phi) is 7.40. The molecule has 5 nitrogen and oxygen atoms in total. The summed E-state index contributed by atoms with van der Waals surface area (Å²) in [7, 11) is 0. The fourth-order valence-corrected chi connectivity index (χ4v) is 2.67. The van der Waals surface area contributed by atoms with E-state index < -0.39 is 17.8 Å². The normalized spacial score (nSPS) is 11.5. The molecule has 0 bridgehead atoms. The highest BCUT2D eigenvalue weighted by Gasteiger charge is 2.15. The highest BCUT2D eigenvalue weighted by atomic mass is 32.2. The number of rotatable bonds is 7. The molecule has 0 radical (unpaired) electrons. The second-order valence-electron chi connectivity index (χ2n) is 5.37. The number of thioether (sulfide) groups is 1. The number of amides is 2. The predicted octanol–water partition coefficient (Wildman–Crippen LogP) is 2.81. The summed E-state index contributed by atoms with van der Waals surface area (Å²) in [5.74, 6) is -0.603. The lowest BCUT2D eigenvalue weighted by molar-refractivity contribution is -0.131. The first-order valence-corrected chi connectivity index (χ1v) is 8.92. The third-order valence-corrected chi connectivity index (χ3v) is 4.24. The topological polar surface area (TPSA) is 67.4 Å². The summed E-state index contributed by atoms with van der Waals surface area (Å²) in [6.45, 7) is 1.51. The number of carbonyl (C=O) groups excluding carboxylic acids is 2. The fourth-order valence-electron chi connectivity index (χ4n) is 1.88. The van der Waals surface area contributed by atoms with Gasteiger partial charge in [-0.25, -0.2) is 8.78 Å². The van der Waals surface area contributed by atoms with Crippen LogP contribution in [0.1, 0.15) is 12.5 Å². The third-order valence-electron chi connectivity index (χ3n) is 3.24. The van der Waals surface area contributed by atoms with Crippen molar-refractivity contribution in [1.29, 1.82) is 0 Å². The lowest BCUT2D eigenvalue weighted by Gasteiger charge is -2.15. The van der Waals surface area contributed by atoms with Gasteiger partial charge in [0.25, 0.3) is 5.91 Å². The summed E-state index contributed by atoms with van der Waals surface area (Å²) in [5.41, 5.74) is 5.46. The SMILES string of the molecule is C[C@H](Oc1ccc(F)cc1)C(=O)NNC(=O)CSCc1ccc(F)cc1. The lowest BCUT2D eigenvalue weighted by Crippen LogP contribution is -2.47. The predicted molar refractivity (Wildman–Crippen MR) is 95.3 cm³/mol. The second kappa shape index (κ2) is 9.76. The van der Waals surface area contributed by atoms with Gasteiger partial charge in [0.2, 0.25) is 5.91 Å². The maximum absolute atomic E-state index is 12.8. The molecule has 0 aliphatic heterocycles. The van der Waals surface area contributed by atoms with Crippen LogP contribution in [0.4, 0.5) is 8.78 Å². The van der Waals surface area contributed by atoms with Crippen LogP contribution in [0.3, 0.4) is 0 Å². The molecule has 2 amide bonds. The van der Waals surface area contributed by atoms with Crippen molar-refractivity contribution in [3.8, 4) is 5.75 Å². The summed E-state index contributed by atoms with van der Waals surface area (Å²) in [6, 6.07) is 11.3. The highest BCUT2D eigenvalue weighted by Crippen LogP contribution is 2.13. The smallest absolute Gasteiger partial charge is 0.279 e. The number of hydrogen-bond acceptors (Lipinski definition) is 4. The summed E-state index contributed by atoms with van der Waals surface area (Å²) in [5, 5.41) is 0. The average molecular weight is 380 g/mol. The average Bonchev–Trinajstić information content (AvgIpc) is 2.63. The molecular formula is C18H18F2N2O3S. The quantitative estimate of drug-likeness (QED) is 0.725. The Labute approximate surface area is 154 Å². The van der Waals surface area contributed by atoms with Gasteiger partial charge in [0.1, 0.15) is 17.4 Å². The van der Waals surface area contributed by atoms with Gasteiger partial charge in [-0.05, 0) is 48.9 Å². The van der Waals surface area contributed by atoms with Gasteiger partial charge >= 0.3 is 0 Å². The number of carbonyl (C=O) groups is 2. The molecule has 8 heteroatoms. The maximum atomic E-state index is 12.8. The van der Waals surface area contributed by atoms with Crippen molar-refractivity contribution in [1.82, 2.24) is 10.9 Å². The zero-order chi connectivity index (χ0) is 18.9. The Morgan fingerprint density at radius 2 is 1.58 bits per heavy atom. The van der Waals surface area contributed by atoms with Gasteiger partial charge in [0.15, 0.2) is 6.10 Å². The van der Waals surface area contributed by atoms with Crippen molar-refractivity contribution in [2.24, 2.45) is 0 Å². The molecule has 2 rings (SSSR count). The van der Waals surface area contributed by atoms with E-state index >= 15 is 0 Å². The third kappa shape index (κ3) is 6.72. The molecular weight excluding hydrogens is 362 g/mol. The second-order valence-corrected chi connectivity index (χ2v) is 6.36. The Bertz CT molecular complexity index is 739. The molecule has 0 saturated carbocycles. The molecule has 2 aromatic rings.